The van der Waals surface area contributed by atoms with Gasteiger partial charge in [0.25, 0.3) is 0 Å². The number of hydrogen-bond donors (Lipinski definition) is 1. The van der Waals surface area contributed by atoms with Crippen molar-refractivity contribution >= 4 is 23.2 Å². The Balaban J connectivity index is 0.00000161. The molecule has 0 bridgehead atoms. The maximum absolute atomic E-state index is 5.87. The predicted molar refractivity (Wildman–Crippen MR) is 90.3 cm³/mol. The average Bonchev–Trinajstić information content (AvgIpc) is 2.95. The highest BCUT2D eigenvalue weighted by atomic mass is 35.5. The molecule has 1 saturated heterocycles. The average molecular weight is 307 g/mol. The summed E-state index contributed by atoms with van der Waals surface area (Å²) in [5.74, 6) is 1.63. The first-order chi connectivity index (χ1) is 9.85. The summed E-state index contributed by atoms with van der Waals surface area (Å²) in [5, 5.41) is 2.49. The molecule has 2 aromatic rings. The molecule has 0 radical (unpaired) electrons. The minimum Gasteiger partial charge on any atom is -0.492 e. The lowest BCUT2D eigenvalue weighted by molar-refractivity contribution is 0.233. The molecule has 0 spiro atoms. The Bertz CT molecular complexity index is 575. The first kappa shape index (κ1) is 16.1. The molecule has 0 aliphatic carbocycles. The molecule has 0 saturated carbocycles. The largest absolute Gasteiger partial charge is 0.492 e. The zero-order valence-corrected chi connectivity index (χ0v) is 13.0. The lowest BCUT2D eigenvalue weighted by Gasteiger charge is -2.16. The van der Waals surface area contributed by atoms with Gasteiger partial charge >= 0.3 is 0 Å². The number of hydrogen-bond acceptors (Lipinski definition) is 3. The van der Waals surface area contributed by atoms with Gasteiger partial charge < -0.3 is 10.5 Å². The molecule has 1 fully saturated rings. The number of rotatable bonds is 5. The van der Waals surface area contributed by atoms with E-state index in [0.717, 1.165) is 38.5 Å². The van der Waals surface area contributed by atoms with E-state index in [0.29, 0.717) is 5.92 Å². The third-order valence-electron chi connectivity index (χ3n) is 4.10. The van der Waals surface area contributed by atoms with Crippen molar-refractivity contribution in [3.63, 3.8) is 0 Å². The molecule has 1 heterocycles. The van der Waals surface area contributed by atoms with Crippen LogP contribution in [-0.4, -0.2) is 37.7 Å². The highest BCUT2D eigenvalue weighted by molar-refractivity contribution is 5.85. The summed E-state index contributed by atoms with van der Waals surface area (Å²) < 4.78 is 5.87. The van der Waals surface area contributed by atoms with Crippen LogP contribution in [0, 0.1) is 5.92 Å². The molecule has 0 aromatic heterocycles. The fraction of sp³-hybridized carbons (Fsp3) is 0.412. The number of nitrogens with two attached hydrogens (primary N) is 1. The Kier molecular flexibility index (Phi) is 5.85. The summed E-state index contributed by atoms with van der Waals surface area (Å²) in [6, 6.07) is 14.6. The molecule has 3 nitrogen and oxygen atoms in total. The molecule has 1 aliphatic rings. The minimum atomic E-state index is 0. The lowest BCUT2D eigenvalue weighted by atomic mass is 10.1. The van der Waals surface area contributed by atoms with Crippen LogP contribution in [0.2, 0.25) is 0 Å². The van der Waals surface area contributed by atoms with Crippen molar-refractivity contribution in [2.45, 2.75) is 6.42 Å². The second-order valence-electron chi connectivity index (χ2n) is 5.55. The van der Waals surface area contributed by atoms with E-state index in [4.69, 9.17) is 10.5 Å². The summed E-state index contributed by atoms with van der Waals surface area (Å²) in [5.41, 5.74) is 5.71. The second-order valence-corrected chi connectivity index (χ2v) is 5.55. The number of halogens is 1. The molecule has 4 heteroatoms. The van der Waals surface area contributed by atoms with Gasteiger partial charge in [-0.25, -0.2) is 0 Å². The van der Waals surface area contributed by atoms with Gasteiger partial charge in [-0.3, -0.25) is 4.90 Å². The topological polar surface area (TPSA) is 38.5 Å². The molecule has 2 N–H and O–H groups in total. The second kappa shape index (κ2) is 7.64. The van der Waals surface area contributed by atoms with Gasteiger partial charge in [-0.15, -0.1) is 12.4 Å². The van der Waals surface area contributed by atoms with Crippen molar-refractivity contribution in [2.75, 3.05) is 32.8 Å². The summed E-state index contributed by atoms with van der Waals surface area (Å²) >= 11 is 0. The molecule has 2 aromatic carbocycles. The molecule has 0 amide bonds. The molecule has 114 valence electrons. The van der Waals surface area contributed by atoms with Crippen LogP contribution in [0.4, 0.5) is 0 Å². The summed E-state index contributed by atoms with van der Waals surface area (Å²) in [6.45, 7) is 4.82. The van der Waals surface area contributed by atoms with E-state index in [1.54, 1.807) is 0 Å². The first-order valence-electron chi connectivity index (χ1n) is 7.39. The number of fused-ring (bicyclic) bond motifs is 1. The highest BCUT2D eigenvalue weighted by Gasteiger charge is 2.20. The van der Waals surface area contributed by atoms with Crippen molar-refractivity contribution in [3.8, 4) is 5.75 Å². The Morgan fingerprint density at radius 2 is 1.95 bits per heavy atom. The number of nitrogens with zero attached hydrogens (tertiary/aromatic N) is 1. The van der Waals surface area contributed by atoms with Gasteiger partial charge in [0.15, 0.2) is 0 Å². The van der Waals surface area contributed by atoms with Gasteiger partial charge in [0.2, 0.25) is 0 Å². The third-order valence-corrected chi connectivity index (χ3v) is 4.10. The fourth-order valence-electron chi connectivity index (χ4n) is 2.86. The fourth-order valence-corrected chi connectivity index (χ4v) is 2.86. The Morgan fingerprint density at radius 3 is 2.71 bits per heavy atom. The van der Waals surface area contributed by atoms with Crippen LogP contribution in [0.25, 0.3) is 10.8 Å². The molecule has 1 unspecified atom stereocenters. The van der Waals surface area contributed by atoms with Crippen LogP contribution in [-0.2, 0) is 0 Å². The van der Waals surface area contributed by atoms with Gasteiger partial charge in [-0.2, -0.15) is 0 Å². The molecular weight excluding hydrogens is 284 g/mol. The van der Waals surface area contributed by atoms with E-state index in [1.165, 1.54) is 17.2 Å². The maximum atomic E-state index is 5.87. The van der Waals surface area contributed by atoms with Crippen LogP contribution in [0.15, 0.2) is 42.5 Å². The van der Waals surface area contributed by atoms with Crippen LogP contribution < -0.4 is 10.5 Å². The predicted octanol–water partition coefficient (Wildman–Crippen LogP) is 2.92. The van der Waals surface area contributed by atoms with Crippen LogP contribution >= 0.6 is 12.4 Å². The van der Waals surface area contributed by atoms with E-state index < -0.39 is 0 Å². The summed E-state index contributed by atoms with van der Waals surface area (Å²) in [7, 11) is 0. The van der Waals surface area contributed by atoms with Crippen LogP contribution in [0.5, 0.6) is 5.75 Å². The van der Waals surface area contributed by atoms with E-state index >= 15 is 0 Å². The quantitative estimate of drug-likeness (QED) is 0.923. The van der Waals surface area contributed by atoms with Gasteiger partial charge in [-0.05, 0) is 48.3 Å². The Hall–Kier alpha value is -1.29. The Morgan fingerprint density at radius 1 is 1.14 bits per heavy atom. The van der Waals surface area contributed by atoms with Crippen molar-refractivity contribution in [1.29, 1.82) is 0 Å². The van der Waals surface area contributed by atoms with Gasteiger partial charge in [0, 0.05) is 13.1 Å². The van der Waals surface area contributed by atoms with E-state index in [1.807, 2.05) is 0 Å². The van der Waals surface area contributed by atoms with Gasteiger partial charge in [-0.1, -0.05) is 30.3 Å². The molecule has 1 atom stereocenters. The Labute approximate surface area is 132 Å². The van der Waals surface area contributed by atoms with Crippen molar-refractivity contribution in [3.05, 3.63) is 42.5 Å². The minimum absolute atomic E-state index is 0. The SMILES string of the molecule is Cl.NCC1CCN(CCOc2ccc3ccccc3c2)C1. The highest BCUT2D eigenvalue weighted by Crippen LogP contribution is 2.20. The lowest BCUT2D eigenvalue weighted by Crippen LogP contribution is -2.27. The van der Waals surface area contributed by atoms with E-state index in [-0.39, 0.29) is 12.4 Å². The smallest absolute Gasteiger partial charge is 0.120 e. The van der Waals surface area contributed by atoms with Gasteiger partial charge in [0.05, 0.1) is 0 Å². The molecular formula is C17H23ClN2O. The first-order valence-corrected chi connectivity index (χ1v) is 7.39. The monoisotopic (exact) mass is 306 g/mol. The van der Waals surface area contributed by atoms with Gasteiger partial charge in [0.1, 0.15) is 12.4 Å². The summed E-state index contributed by atoms with van der Waals surface area (Å²) in [6.07, 6.45) is 1.23. The molecule has 1 aliphatic heterocycles. The zero-order chi connectivity index (χ0) is 13.8. The normalized spacial score (nSPS) is 18.6. The number of benzene rings is 2. The molecule has 21 heavy (non-hydrogen) atoms. The number of ether oxygens (including phenoxy) is 1. The van der Waals surface area contributed by atoms with Crippen molar-refractivity contribution in [1.82, 2.24) is 4.90 Å². The van der Waals surface area contributed by atoms with E-state index in [2.05, 4.69) is 47.4 Å². The third kappa shape index (κ3) is 4.10. The number of likely N-dealkylation sites (tertiary alicyclic amines) is 1. The maximum Gasteiger partial charge on any atom is 0.120 e. The molecule has 3 rings (SSSR count). The van der Waals surface area contributed by atoms with E-state index in [9.17, 15) is 0 Å². The van der Waals surface area contributed by atoms with Crippen molar-refractivity contribution in [2.24, 2.45) is 11.7 Å². The van der Waals surface area contributed by atoms with Crippen LogP contribution in [0.3, 0.4) is 0 Å². The van der Waals surface area contributed by atoms with Crippen molar-refractivity contribution < 1.29 is 4.74 Å². The standard InChI is InChI=1S/C17H22N2O.ClH/c18-12-14-7-8-19(13-14)9-10-20-17-6-5-15-3-1-2-4-16(15)11-17;/h1-6,11,14H,7-10,12-13,18H2;1H. The van der Waals surface area contributed by atoms with Crippen LogP contribution in [0.1, 0.15) is 6.42 Å². The zero-order valence-electron chi connectivity index (χ0n) is 12.2. The summed E-state index contributed by atoms with van der Waals surface area (Å²) in [4.78, 5) is 2.44.